The third kappa shape index (κ3) is 4.16. The van der Waals surface area contributed by atoms with Crippen molar-refractivity contribution in [3.05, 3.63) is 35.5 Å². The summed E-state index contributed by atoms with van der Waals surface area (Å²) >= 11 is 1.28. The van der Waals surface area contributed by atoms with Crippen molar-refractivity contribution >= 4 is 17.2 Å². The Morgan fingerprint density at radius 2 is 1.91 bits per heavy atom. The van der Waals surface area contributed by atoms with Crippen LogP contribution in [-0.2, 0) is 0 Å². The summed E-state index contributed by atoms with van der Waals surface area (Å²) in [5.41, 5.74) is 1.56. The zero-order valence-corrected chi connectivity index (χ0v) is 19.9. The van der Waals surface area contributed by atoms with E-state index in [1.807, 2.05) is 6.07 Å². The van der Waals surface area contributed by atoms with Crippen LogP contribution in [0.2, 0.25) is 0 Å². The number of phenolic OH excluding ortho intramolecular Hbond substituents is 1. The van der Waals surface area contributed by atoms with E-state index in [4.69, 9.17) is 5.26 Å². The van der Waals surface area contributed by atoms with Gasteiger partial charge in [0.1, 0.15) is 21.7 Å². The largest absolute Gasteiger partial charge is 0.507 e. The smallest absolute Gasteiger partial charge is 0.185 e. The number of anilines is 1. The average Bonchev–Trinajstić information content (AvgIpc) is 3.27. The summed E-state index contributed by atoms with van der Waals surface area (Å²) in [7, 11) is 2.07. The minimum absolute atomic E-state index is 0.0520. The highest BCUT2D eigenvalue weighted by Gasteiger charge is 2.46. The summed E-state index contributed by atoms with van der Waals surface area (Å²) in [4.78, 5) is 11.5. The Kier molecular flexibility index (Phi) is 5.30. The number of hydrogen-bond acceptors (Lipinski definition) is 9. The standard InChI is InChI=1S/C24H27N7OS/c1-23-7-4-8-24(2,30-23)11-16(10-23)31(3)20-14-26-21(29-28-20)18-6-5-15(9-19(18)32)22-27-13-17(12-25)33-22/h5-6,9,13-14,16,30,32H,4,7-8,10-11H2,1-3H3/t16?,23-,24+. The highest BCUT2D eigenvalue weighted by Crippen LogP contribution is 2.42. The van der Waals surface area contributed by atoms with Crippen molar-refractivity contribution in [3.63, 3.8) is 0 Å². The Morgan fingerprint density at radius 1 is 1.15 bits per heavy atom. The highest BCUT2D eigenvalue weighted by molar-refractivity contribution is 7.15. The number of aromatic hydroxyl groups is 1. The van der Waals surface area contributed by atoms with Gasteiger partial charge in [0.05, 0.1) is 18.0 Å². The third-order valence-corrected chi connectivity index (χ3v) is 7.94. The zero-order valence-electron chi connectivity index (χ0n) is 19.0. The van der Waals surface area contributed by atoms with Gasteiger partial charge in [-0.25, -0.2) is 9.97 Å². The van der Waals surface area contributed by atoms with Crippen molar-refractivity contribution in [2.75, 3.05) is 11.9 Å². The lowest BCUT2D eigenvalue weighted by molar-refractivity contribution is 0.0784. The van der Waals surface area contributed by atoms with Gasteiger partial charge in [-0.2, -0.15) is 5.26 Å². The summed E-state index contributed by atoms with van der Waals surface area (Å²) in [5.74, 6) is 1.16. The van der Waals surface area contributed by atoms with E-state index in [2.05, 4.69) is 57.3 Å². The number of nitrogens with one attached hydrogen (secondary N) is 1. The molecule has 2 aliphatic heterocycles. The summed E-state index contributed by atoms with van der Waals surface area (Å²) in [6.45, 7) is 4.66. The lowest BCUT2D eigenvalue weighted by Crippen LogP contribution is -2.66. The van der Waals surface area contributed by atoms with Gasteiger partial charge < -0.3 is 15.3 Å². The molecule has 0 spiro atoms. The molecule has 8 nitrogen and oxygen atoms in total. The lowest BCUT2D eigenvalue weighted by atomic mass is 9.69. The van der Waals surface area contributed by atoms with Crippen molar-refractivity contribution in [2.45, 2.75) is 63.1 Å². The van der Waals surface area contributed by atoms with Crippen molar-refractivity contribution in [1.29, 1.82) is 5.26 Å². The maximum absolute atomic E-state index is 10.6. The van der Waals surface area contributed by atoms with Crippen LogP contribution in [0.15, 0.2) is 30.6 Å². The number of benzene rings is 1. The van der Waals surface area contributed by atoms with Gasteiger partial charge >= 0.3 is 0 Å². The predicted octanol–water partition coefficient (Wildman–Crippen LogP) is 4.13. The molecule has 170 valence electrons. The topological polar surface area (TPSA) is 111 Å². The number of phenols is 1. The predicted molar refractivity (Wildman–Crippen MR) is 128 cm³/mol. The van der Waals surface area contributed by atoms with Crippen molar-refractivity contribution in [2.24, 2.45) is 0 Å². The molecule has 2 aromatic heterocycles. The van der Waals surface area contributed by atoms with Gasteiger partial charge in [0.2, 0.25) is 0 Å². The first-order chi connectivity index (χ1) is 15.8. The normalized spacial score (nSPS) is 26.5. The number of piperidine rings is 2. The Bertz CT molecular complexity index is 1200. The molecule has 2 N–H and O–H groups in total. The Morgan fingerprint density at radius 3 is 2.52 bits per heavy atom. The van der Waals surface area contributed by atoms with Crippen LogP contribution in [0.1, 0.15) is 50.8 Å². The average molecular weight is 462 g/mol. The third-order valence-electron chi connectivity index (χ3n) is 6.99. The molecule has 0 radical (unpaired) electrons. The molecular weight excluding hydrogens is 434 g/mol. The Hall–Kier alpha value is -3.09. The molecule has 0 aliphatic carbocycles. The van der Waals surface area contributed by atoms with E-state index in [1.54, 1.807) is 18.3 Å². The number of rotatable bonds is 4. The summed E-state index contributed by atoms with van der Waals surface area (Å²) in [5, 5.41) is 32.9. The van der Waals surface area contributed by atoms with Crippen LogP contribution in [-0.4, -0.2) is 49.4 Å². The van der Waals surface area contributed by atoms with Crippen molar-refractivity contribution < 1.29 is 5.11 Å². The summed E-state index contributed by atoms with van der Waals surface area (Å²) in [6, 6.07) is 7.67. The number of fused-ring (bicyclic) bond motifs is 2. The van der Waals surface area contributed by atoms with E-state index in [9.17, 15) is 5.11 Å². The van der Waals surface area contributed by atoms with E-state index >= 15 is 0 Å². The first kappa shape index (κ1) is 21.7. The maximum Gasteiger partial charge on any atom is 0.185 e. The second-order valence-electron chi connectivity index (χ2n) is 9.79. The second-order valence-corrected chi connectivity index (χ2v) is 10.8. The van der Waals surface area contributed by atoms with E-state index in [0.29, 0.717) is 27.3 Å². The maximum atomic E-state index is 10.6. The Labute approximate surface area is 197 Å². The zero-order chi connectivity index (χ0) is 23.2. The minimum atomic E-state index is 0.0520. The SMILES string of the molecule is CN(c1cnc(-c2ccc(-c3ncc(C#N)s3)cc2O)nn1)C1C[C@]2(C)CCC[C@](C)(C1)N2. The number of aromatic nitrogens is 4. The van der Waals surface area contributed by atoms with Crippen LogP contribution < -0.4 is 10.2 Å². The molecule has 9 heteroatoms. The molecule has 5 rings (SSSR count). The lowest BCUT2D eigenvalue weighted by Gasteiger charge is -2.55. The molecule has 4 heterocycles. The van der Waals surface area contributed by atoms with Gasteiger partial charge in [-0.1, -0.05) is 6.07 Å². The molecule has 2 aliphatic rings. The molecule has 3 aromatic rings. The fraction of sp³-hybridized carbons (Fsp3) is 0.458. The minimum Gasteiger partial charge on any atom is -0.507 e. The molecule has 2 fully saturated rings. The molecule has 2 saturated heterocycles. The number of nitriles is 1. The van der Waals surface area contributed by atoms with Gasteiger partial charge in [0.25, 0.3) is 0 Å². The van der Waals surface area contributed by atoms with E-state index in [-0.39, 0.29) is 16.8 Å². The summed E-state index contributed by atoms with van der Waals surface area (Å²) < 4.78 is 0. The molecule has 3 atom stereocenters. The van der Waals surface area contributed by atoms with E-state index < -0.39 is 0 Å². The molecule has 2 bridgehead atoms. The quantitative estimate of drug-likeness (QED) is 0.597. The highest BCUT2D eigenvalue weighted by atomic mass is 32.1. The van der Waals surface area contributed by atoms with E-state index in [1.165, 1.54) is 36.8 Å². The second kappa shape index (κ2) is 8.04. The van der Waals surface area contributed by atoms with Gasteiger partial charge in [-0.15, -0.1) is 21.5 Å². The molecule has 33 heavy (non-hydrogen) atoms. The van der Waals surface area contributed by atoms with Crippen LogP contribution in [0.5, 0.6) is 5.75 Å². The van der Waals surface area contributed by atoms with Gasteiger partial charge in [-0.3, -0.25) is 0 Å². The number of nitrogens with zero attached hydrogens (tertiary/aromatic N) is 6. The van der Waals surface area contributed by atoms with E-state index in [0.717, 1.165) is 24.2 Å². The number of thiazole rings is 1. The van der Waals surface area contributed by atoms with Gasteiger partial charge in [0, 0.05) is 29.7 Å². The molecule has 1 aromatic carbocycles. The monoisotopic (exact) mass is 461 g/mol. The van der Waals surface area contributed by atoms with Crippen LogP contribution in [0.4, 0.5) is 5.82 Å². The fourth-order valence-electron chi connectivity index (χ4n) is 5.47. The summed E-state index contributed by atoms with van der Waals surface area (Å²) in [6.07, 6.45) is 9.07. The van der Waals surface area contributed by atoms with Crippen LogP contribution in [0.25, 0.3) is 22.0 Å². The molecule has 1 unspecified atom stereocenters. The molecular formula is C24H27N7OS. The number of hydrogen-bond donors (Lipinski definition) is 2. The first-order valence-electron chi connectivity index (χ1n) is 11.2. The molecule has 0 saturated carbocycles. The Balaban J connectivity index is 1.35. The van der Waals surface area contributed by atoms with Crippen molar-refractivity contribution in [1.82, 2.24) is 25.5 Å². The fourth-order valence-corrected chi connectivity index (χ4v) is 6.18. The van der Waals surface area contributed by atoms with Crippen LogP contribution >= 0.6 is 11.3 Å². The van der Waals surface area contributed by atoms with Crippen LogP contribution in [0.3, 0.4) is 0 Å². The first-order valence-corrected chi connectivity index (χ1v) is 12.0. The van der Waals surface area contributed by atoms with Crippen LogP contribution in [0, 0.1) is 11.3 Å². The van der Waals surface area contributed by atoms with Gasteiger partial charge in [0.15, 0.2) is 11.6 Å². The molecule has 0 amide bonds. The van der Waals surface area contributed by atoms with Gasteiger partial charge in [-0.05, 0) is 58.1 Å². The van der Waals surface area contributed by atoms with Crippen molar-refractivity contribution in [3.8, 4) is 33.8 Å².